The Labute approximate surface area is 171 Å². The van der Waals surface area contributed by atoms with E-state index in [0.717, 1.165) is 11.1 Å². The highest BCUT2D eigenvalue weighted by Crippen LogP contribution is 2.38. The number of ether oxygens (including phenoxy) is 3. The van der Waals surface area contributed by atoms with Crippen LogP contribution in [0.4, 0.5) is 0 Å². The first-order valence-corrected chi connectivity index (χ1v) is 9.25. The van der Waals surface area contributed by atoms with Crippen LogP contribution >= 0.6 is 0 Å². The van der Waals surface area contributed by atoms with Crippen molar-refractivity contribution in [1.82, 2.24) is 0 Å². The Morgan fingerprint density at radius 1 is 1.07 bits per heavy atom. The lowest BCUT2D eigenvalue weighted by atomic mass is 9.96. The second-order valence-electron chi connectivity index (χ2n) is 6.64. The zero-order chi connectivity index (χ0) is 21.4. The largest absolute Gasteiger partial charge is 0.496 e. The summed E-state index contributed by atoms with van der Waals surface area (Å²) in [6.07, 6.45) is 4.81. The van der Waals surface area contributed by atoms with Crippen molar-refractivity contribution in [3.05, 3.63) is 70.8 Å². The van der Waals surface area contributed by atoms with E-state index in [2.05, 4.69) is 6.58 Å². The van der Waals surface area contributed by atoms with Crippen molar-refractivity contribution in [1.29, 1.82) is 0 Å². The summed E-state index contributed by atoms with van der Waals surface area (Å²) < 4.78 is 16.0. The standard InChI is InChI=1S/C24H26O5/c1-16(2)11-14-20-21(27-4)15-19(13-12-18-9-7-6-8-10-18)22(24(26)28-5)23(20)29-17(3)25/h6-10,12-13,15H,1,11,14H2,2-5H3. The first-order valence-electron chi connectivity index (χ1n) is 9.25. The lowest BCUT2D eigenvalue weighted by molar-refractivity contribution is -0.131. The molecule has 0 aliphatic carbocycles. The quantitative estimate of drug-likeness (QED) is 0.270. The van der Waals surface area contributed by atoms with Gasteiger partial charge in [0.2, 0.25) is 0 Å². The van der Waals surface area contributed by atoms with Crippen molar-refractivity contribution in [2.24, 2.45) is 0 Å². The van der Waals surface area contributed by atoms with E-state index in [-0.39, 0.29) is 11.3 Å². The van der Waals surface area contributed by atoms with Crippen LogP contribution in [0, 0.1) is 0 Å². The maximum atomic E-state index is 12.6. The third kappa shape index (κ3) is 5.82. The summed E-state index contributed by atoms with van der Waals surface area (Å²) in [5.74, 6) is -0.424. The van der Waals surface area contributed by atoms with Gasteiger partial charge < -0.3 is 14.2 Å². The number of methoxy groups -OCH3 is 2. The smallest absolute Gasteiger partial charge is 0.342 e. The molecule has 0 bridgehead atoms. The average Bonchev–Trinajstić information content (AvgIpc) is 2.70. The molecule has 2 rings (SSSR count). The van der Waals surface area contributed by atoms with Crippen LogP contribution in [0.2, 0.25) is 0 Å². The fraction of sp³-hybridized carbons (Fsp3) is 0.250. The Balaban J connectivity index is 2.71. The number of allylic oxidation sites excluding steroid dienone is 1. The molecule has 152 valence electrons. The van der Waals surface area contributed by atoms with E-state index in [4.69, 9.17) is 14.2 Å². The van der Waals surface area contributed by atoms with E-state index in [1.807, 2.05) is 43.3 Å². The second-order valence-corrected chi connectivity index (χ2v) is 6.64. The summed E-state index contributed by atoms with van der Waals surface area (Å²) in [5.41, 5.74) is 3.28. The van der Waals surface area contributed by atoms with Gasteiger partial charge in [0.15, 0.2) is 5.75 Å². The number of rotatable bonds is 8. The van der Waals surface area contributed by atoms with Crippen LogP contribution in [-0.2, 0) is 16.0 Å². The third-order valence-electron chi connectivity index (χ3n) is 4.29. The summed E-state index contributed by atoms with van der Waals surface area (Å²) in [7, 11) is 2.84. The Bertz CT molecular complexity index is 926. The molecule has 0 unspecified atom stereocenters. The van der Waals surface area contributed by atoms with Crippen molar-refractivity contribution in [2.75, 3.05) is 14.2 Å². The van der Waals surface area contributed by atoms with Crippen molar-refractivity contribution < 1.29 is 23.8 Å². The van der Waals surface area contributed by atoms with E-state index in [9.17, 15) is 9.59 Å². The van der Waals surface area contributed by atoms with Gasteiger partial charge >= 0.3 is 11.9 Å². The molecule has 2 aromatic rings. The maximum Gasteiger partial charge on any atom is 0.342 e. The SMILES string of the molecule is C=C(C)CCc1c(OC)cc(C=Cc2ccccc2)c(C(=O)OC)c1OC(C)=O. The molecule has 0 radical (unpaired) electrons. The summed E-state index contributed by atoms with van der Waals surface area (Å²) in [6, 6.07) is 11.4. The van der Waals surface area contributed by atoms with Crippen LogP contribution in [0.15, 0.2) is 48.6 Å². The Hall–Kier alpha value is -3.34. The number of benzene rings is 2. The average molecular weight is 394 g/mol. The Kier molecular flexibility index (Phi) is 7.78. The van der Waals surface area contributed by atoms with Crippen LogP contribution in [0.3, 0.4) is 0 Å². The van der Waals surface area contributed by atoms with Gasteiger partial charge in [0.25, 0.3) is 0 Å². The van der Waals surface area contributed by atoms with Gasteiger partial charge in [-0.05, 0) is 37.0 Å². The monoisotopic (exact) mass is 394 g/mol. The number of hydrogen-bond acceptors (Lipinski definition) is 5. The molecule has 0 atom stereocenters. The van der Waals surface area contributed by atoms with Gasteiger partial charge in [-0.1, -0.05) is 48.1 Å². The molecule has 0 saturated carbocycles. The normalized spacial score (nSPS) is 10.6. The number of carbonyl (C=O) groups excluding carboxylic acids is 2. The highest BCUT2D eigenvalue weighted by atomic mass is 16.5. The second kappa shape index (κ2) is 10.3. The molecule has 0 saturated heterocycles. The first kappa shape index (κ1) is 22.0. The van der Waals surface area contributed by atoms with E-state index >= 15 is 0 Å². The lowest BCUT2D eigenvalue weighted by Crippen LogP contribution is -2.14. The van der Waals surface area contributed by atoms with Crippen LogP contribution < -0.4 is 9.47 Å². The fourth-order valence-electron chi connectivity index (χ4n) is 2.90. The topological polar surface area (TPSA) is 61.8 Å². The van der Waals surface area contributed by atoms with Crippen molar-refractivity contribution in [3.8, 4) is 11.5 Å². The van der Waals surface area contributed by atoms with Gasteiger partial charge in [-0.3, -0.25) is 4.79 Å². The van der Waals surface area contributed by atoms with Crippen LogP contribution in [0.1, 0.15) is 47.3 Å². The van der Waals surface area contributed by atoms with E-state index in [1.54, 1.807) is 19.3 Å². The third-order valence-corrected chi connectivity index (χ3v) is 4.29. The molecule has 5 nitrogen and oxygen atoms in total. The Morgan fingerprint density at radius 3 is 2.31 bits per heavy atom. The number of esters is 2. The maximum absolute atomic E-state index is 12.6. The summed E-state index contributed by atoms with van der Waals surface area (Å²) in [4.78, 5) is 24.4. The van der Waals surface area contributed by atoms with E-state index < -0.39 is 11.9 Å². The molecule has 0 aliphatic heterocycles. The molecule has 2 aromatic carbocycles. The molecular formula is C24H26O5. The lowest BCUT2D eigenvalue weighted by Gasteiger charge is -2.19. The van der Waals surface area contributed by atoms with E-state index in [1.165, 1.54) is 14.0 Å². The van der Waals surface area contributed by atoms with Crippen LogP contribution in [-0.4, -0.2) is 26.2 Å². The van der Waals surface area contributed by atoms with Gasteiger partial charge in [-0.25, -0.2) is 4.79 Å². The molecule has 0 fully saturated rings. The zero-order valence-electron chi connectivity index (χ0n) is 17.3. The molecule has 0 N–H and O–H groups in total. The highest BCUT2D eigenvalue weighted by Gasteiger charge is 2.25. The molecule has 5 heteroatoms. The molecule has 0 heterocycles. The molecule has 29 heavy (non-hydrogen) atoms. The number of carbonyl (C=O) groups is 2. The summed E-state index contributed by atoms with van der Waals surface area (Å²) in [5, 5.41) is 0. The first-order chi connectivity index (χ1) is 13.9. The summed E-state index contributed by atoms with van der Waals surface area (Å²) in [6.45, 7) is 7.13. The molecule has 0 spiro atoms. The van der Waals surface area contributed by atoms with Gasteiger partial charge in [0, 0.05) is 12.5 Å². The molecule has 0 aliphatic rings. The van der Waals surface area contributed by atoms with Crippen molar-refractivity contribution >= 4 is 24.1 Å². The predicted molar refractivity (Wildman–Crippen MR) is 114 cm³/mol. The van der Waals surface area contributed by atoms with Crippen molar-refractivity contribution in [3.63, 3.8) is 0 Å². The fourth-order valence-corrected chi connectivity index (χ4v) is 2.90. The Morgan fingerprint density at radius 2 is 1.76 bits per heavy atom. The summed E-state index contributed by atoms with van der Waals surface area (Å²) >= 11 is 0. The molecule has 0 amide bonds. The predicted octanol–water partition coefficient (Wildman–Crippen LogP) is 5.09. The van der Waals surface area contributed by atoms with Crippen molar-refractivity contribution in [2.45, 2.75) is 26.7 Å². The van der Waals surface area contributed by atoms with Gasteiger partial charge in [-0.2, -0.15) is 0 Å². The van der Waals surface area contributed by atoms with Gasteiger partial charge in [0.1, 0.15) is 11.3 Å². The minimum absolute atomic E-state index is 0.165. The van der Waals surface area contributed by atoms with Gasteiger partial charge in [0.05, 0.1) is 14.2 Å². The van der Waals surface area contributed by atoms with Crippen LogP contribution in [0.25, 0.3) is 12.2 Å². The van der Waals surface area contributed by atoms with Crippen LogP contribution in [0.5, 0.6) is 11.5 Å². The van der Waals surface area contributed by atoms with Gasteiger partial charge in [-0.15, -0.1) is 6.58 Å². The highest BCUT2D eigenvalue weighted by molar-refractivity contribution is 5.99. The minimum Gasteiger partial charge on any atom is -0.496 e. The molecule has 0 aromatic heterocycles. The number of hydrogen-bond donors (Lipinski definition) is 0. The zero-order valence-corrected chi connectivity index (χ0v) is 17.3. The minimum atomic E-state index is -0.590. The molecular weight excluding hydrogens is 368 g/mol. The van der Waals surface area contributed by atoms with E-state index in [0.29, 0.717) is 29.7 Å².